The van der Waals surface area contributed by atoms with Crippen LogP contribution in [0.1, 0.15) is 135 Å². The van der Waals surface area contributed by atoms with Crippen LogP contribution in [0.5, 0.6) is 0 Å². The van der Waals surface area contributed by atoms with E-state index in [0.29, 0.717) is 0 Å². The van der Waals surface area contributed by atoms with Crippen molar-refractivity contribution in [3.8, 4) is 16.8 Å². The molecule has 1 radical (unpaired) electrons. The second kappa shape index (κ2) is 22.1. The molecule has 81 heavy (non-hydrogen) atoms. The number of benzene rings is 8. The smallest absolute Gasteiger partial charge is 0.437 e. The number of nitrogens with zero attached hydrogens (tertiary/aromatic N) is 3. The van der Waals surface area contributed by atoms with Crippen LogP contribution in [0.3, 0.4) is 0 Å². The van der Waals surface area contributed by atoms with Crippen LogP contribution in [0, 0.1) is 0 Å². The van der Waals surface area contributed by atoms with E-state index >= 15 is 0 Å². The van der Waals surface area contributed by atoms with Gasteiger partial charge in [-0.05, 0) is 247 Å². The van der Waals surface area contributed by atoms with Crippen LogP contribution in [0.25, 0.3) is 38.6 Å². The van der Waals surface area contributed by atoms with Crippen molar-refractivity contribution >= 4 is 81.5 Å². The van der Waals surface area contributed by atoms with Gasteiger partial charge < -0.3 is 33.4 Å². The topological polar surface area (TPSA) is 59.3 Å². The third-order valence-corrected chi connectivity index (χ3v) is 17.3. The van der Waals surface area contributed by atoms with Crippen molar-refractivity contribution in [3.05, 3.63) is 197 Å². The molecule has 7 nitrogen and oxygen atoms in total. The number of aliphatic hydroxyl groups is 1. The molecule has 1 aromatic heterocycles. The van der Waals surface area contributed by atoms with E-state index in [2.05, 4.69) is 220 Å². The summed E-state index contributed by atoms with van der Waals surface area (Å²) in [6.07, 6.45) is 9.43. The number of rotatable bonds is 10. The molecule has 0 spiro atoms. The van der Waals surface area contributed by atoms with E-state index in [0.717, 1.165) is 81.8 Å². The minimum absolute atomic E-state index is 0.139. The van der Waals surface area contributed by atoms with Gasteiger partial charge in [-0.25, -0.2) is 0 Å². The molecule has 2 heterocycles. The van der Waals surface area contributed by atoms with Gasteiger partial charge in [-0.1, -0.05) is 99.9 Å². The Balaban J connectivity index is 0.000000937. The van der Waals surface area contributed by atoms with Crippen LogP contribution in [0.2, 0.25) is 0 Å². The first-order valence-electron chi connectivity index (χ1n) is 29.7. The molecule has 0 atom stereocenters. The van der Waals surface area contributed by atoms with Crippen molar-refractivity contribution in [3.63, 3.8) is 0 Å². The van der Waals surface area contributed by atoms with Gasteiger partial charge in [0.15, 0.2) is 0 Å². The van der Waals surface area contributed by atoms with Crippen LogP contribution in [-0.2, 0) is 45.1 Å². The van der Waals surface area contributed by atoms with E-state index in [4.69, 9.17) is 19.1 Å². The Hall–Kier alpha value is -6.87. The summed E-state index contributed by atoms with van der Waals surface area (Å²) in [5.74, 6) is 0. The first kappa shape index (κ1) is 56.0. The Kier molecular flexibility index (Phi) is 15.3. The fourth-order valence-corrected chi connectivity index (χ4v) is 12.6. The summed E-state index contributed by atoms with van der Waals surface area (Å²) < 4.78 is 21.0. The first-order chi connectivity index (χ1) is 38.8. The lowest BCUT2D eigenvalue weighted by Crippen LogP contribution is -2.41. The SMILES string of the molecule is CC.CC(C)(C)O.CO[B]c1ccc(N(c2ccc3c(c2)CCCC3)c2ccc3c(c2)c2cc(N(c4ccc(B5OC(C)(C)C(C)(C)O5)cc4)c4ccc5c(c4)CCCC5)ccc2n3-c2ccc3c(c2)C(C)(C)c2ccccc2-3)cc1. The highest BCUT2D eigenvalue weighted by molar-refractivity contribution is 6.62. The van der Waals surface area contributed by atoms with Crippen LogP contribution in [0.15, 0.2) is 164 Å². The van der Waals surface area contributed by atoms with Gasteiger partial charge in [-0.3, -0.25) is 0 Å². The summed E-state index contributed by atoms with van der Waals surface area (Å²) >= 11 is 0. The molecule has 13 rings (SSSR count). The Labute approximate surface area is 483 Å². The van der Waals surface area contributed by atoms with Crippen LogP contribution in [-0.4, -0.2) is 48.2 Å². The van der Waals surface area contributed by atoms with E-state index in [9.17, 15) is 0 Å². The maximum Gasteiger partial charge on any atom is 0.494 e. The van der Waals surface area contributed by atoms with Gasteiger partial charge in [0.05, 0.1) is 27.8 Å². The maximum atomic E-state index is 8.52. The molecule has 4 aliphatic rings. The van der Waals surface area contributed by atoms with Gasteiger partial charge in [-0.2, -0.15) is 0 Å². The molecule has 9 heteroatoms. The van der Waals surface area contributed by atoms with Crippen LogP contribution < -0.4 is 20.7 Å². The fourth-order valence-electron chi connectivity index (χ4n) is 12.6. The zero-order valence-corrected chi connectivity index (χ0v) is 49.9. The highest BCUT2D eigenvalue weighted by Crippen LogP contribution is 2.50. The molecule has 9 aromatic rings. The summed E-state index contributed by atoms with van der Waals surface area (Å²) in [4.78, 5) is 4.89. The van der Waals surface area contributed by atoms with Gasteiger partial charge in [0.1, 0.15) is 0 Å². The molecule has 0 amide bonds. The summed E-state index contributed by atoms with van der Waals surface area (Å²) in [6, 6.07) is 62.1. The number of anilines is 6. The molecule has 1 N–H and O–H groups in total. The molecule has 3 aliphatic carbocycles. The van der Waals surface area contributed by atoms with Gasteiger partial charge in [-0.15, -0.1) is 0 Å². The lowest BCUT2D eigenvalue weighted by atomic mass is 9.79. The van der Waals surface area contributed by atoms with E-state index in [-0.39, 0.29) is 5.41 Å². The molecule has 1 aliphatic heterocycles. The van der Waals surface area contributed by atoms with Crippen molar-refractivity contribution < 1.29 is 19.1 Å². The Morgan fingerprint density at radius 2 is 0.938 bits per heavy atom. The van der Waals surface area contributed by atoms with Crippen molar-refractivity contribution in [2.45, 2.75) is 150 Å². The summed E-state index contributed by atoms with van der Waals surface area (Å²) in [6.45, 7) is 22.4. The Morgan fingerprint density at radius 1 is 0.506 bits per heavy atom. The third kappa shape index (κ3) is 10.8. The fraction of sp³-hybridized carbons (Fsp3) is 0.333. The molecule has 8 aromatic carbocycles. The summed E-state index contributed by atoms with van der Waals surface area (Å²) in [7, 11) is 3.06. The largest absolute Gasteiger partial charge is 0.494 e. The van der Waals surface area contributed by atoms with E-state index in [1.807, 2.05) is 13.8 Å². The molecule has 0 bridgehead atoms. The van der Waals surface area contributed by atoms with E-state index in [1.54, 1.807) is 35.4 Å². The maximum absolute atomic E-state index is 8.52. The average Bonchev–Trinajstić information content (AvgIpc) is 4.01. The molecular weight excluding hydrogens is 992 g/mol. The van der Waals surface area contributed by atoms with Gasteiger partial charge in [0, 0.05) is 63.1 Å². The molecule has 1 saturated heterocycles. The number of aryl methyl sites for hydroxylation is 4. The lowest BCUT2D eigenvalue weighted by molar-refractivity contribution is 0.00578. The summed E-state index contributed by atoms with van der Waals surface area (Å²) in [5, 5.41) is 10.9. The first-order valence-corrected chi connectivity index (χ1v) is 29.7. The van der Waals surface area contributed by atoms with Crippen LogP contribution >= 0.6 is 0 Å². The van der Waals surface area contributed by atoms with Crippen molar-refractivity contribution in [1.29, 1.82) is 0 Å². The predicted octanol–water partition coefficient (Wildman–Crippen LogP) is 16.8. The van der Waals surface area contributed by atoms with Crippen molar-refractivity contribution in [1.82, 2.24) is 4.57 Å². The molecule has 1 fully saturated rings. The van der Waals surface area contributed by atoms with Gasteiger partial charge in [0.25, 0.3) is 0 Å². The Morgan fingerprint density at radius 3 is 1.44 bits per heavy atom. The molecular formula is C72H80B2N3O4. The lowest BCUT2D eigenvalue weighted by Gasteiger charge is -2.32. The molecule has 0 saturated carbocycles. The quantitative estimate of drug-likeness (QED) is 0.138. The minimum Gasteiger partial charge on any atom is -0.437 e. The predicted molar refractivity (Wildman–Crippen MR) is 342 cm³/mol. The van der Waals surface area contributed by atoms with Crippen LogP contribution in [0.4, 0.5) is 34.1 Å². The average molecular weight is 1070 g/mol. The summed E-state index contributed by atoms with van der Waals surface area (Å²) in [5.41, 5.74) is 22.0. The van der Waals surface area contributed by atoms with E-state index in [1.165, 1.54) is 86.7 Å². The van der Waals surface area contributed by atoms with Gasteiger partial charge >= 0.3 is 14.6 Å². The number of hydrogen-bond acceptors (Lipinski definition) is 6. The minimum atomic E-state index is -0.500. The molecule has 413 valence electrons. The zero-order chi connectivity index (χ0) is 57.0. The second-order valence-corrected chi connectivity index (χ2v) is 24.9. The number of hydrogen-bond donors (Lipinski definition) is 1. The van der Waals surface area contributed by atoms with Crippen molar-refractivity contribution in [2.24, 2.45) is 0 Å². The highest BCUT2D eigenvalue weighted by atomic mass is 16.7. The number of aromatic nitrogens is 1. The second-order valence-electron chi connectivity index (χ2n) is 24.9. The highest BCUT2D eigenvalue weighted by Gasteiger charge is 2.51. The normalized spacial score (nSPS) is 16.3. The monoisotopic (exact) mass is 1070 g/mol. The zero-order valence-electron chi connectivity index (χ0n) is 49.9. The Bertz CT molecular complexity index is 3740. The standard InChI is InChI=1S/C66H64B2N3O3.C4H10O.C2H6/c1-64(2)60-19-13-12-18-56(60)57-35-32-55(42-61(57)64)71-62-36-33-53(69(49-28-22-47(23-29-49)67-72-7)51-26-20-43-14-8-10-16-45(43)38-51)40-58(62)59-41-54(34-37-63(59)71)70(52-27-21-44-15-9-11-17-46(44)39-52)50-30-24-48(25-31-50)68-73-65(3,4)66(5,6)74-68;1-4(2,3)5;1-2/h12-13,18-42H,8-11,14-17H2,1-7H3;5H,1-3H3;1-2H3. The third-order valence-electron chi connectivity index (χ3n) is 17.3. The molecule has 0 unspecified atom stereocenters. The van der Waals surface area contributed by atoms with E-state index < -0.39 is 23.9 Å². The van der Waals surface area contributed by atoms with Crippen molar-refractivity contribution in [2.75, 3.05) is 16.9 Å². The van der Waals surface area contributed by atoms with Gasteiger partial charge in [0.2, 0.25) is 0 Å². The number of fused-ring (bicyclic) bond motifs is 8.